The Balaban J connectivity index is 2.29. The molecule has 0 aliphatic heterocycles. The summed E-state index contributed by atoms with van der Waals surface area (Å²) in [6.45, 7) is 2.81. The minimum absolute atomic E-state index is 0.0838. The first kappa shape index (κ1) is 16.3. The van der Waals surface area contributed by atoms with Crippen molar-refractivity contribution in [3.05, 3.63) is 63.1 Å². The van der Waals surface area contributed by atoms with E-state index in [4.69, 9.17) is 17.3 Å². The van der Waals surface area contributed by atoms with E-state index in [1.807, 2.05) is 25.1 Å². The molecule has 0 aliphatic rings. The molecule has 0 fully saturated rings. The molecule has 1 unspecified atom stereocenters. The highest BCUT2D eigenvalue weighted by Gasteiger charge is 2.13. The maximum Gasteiger partial charge on any atom is 0.0459 e. The predicted octanol–water partition coefficient (Wildman–Crippen LogP) is 4.63. The van der Waals surface area contributed by atoms with Gasteiger partial charge < -0.3 is 10.6 Å². The van der Waals surface area contributed by atoms with Gasteiger partial charge in [0.2, 0.25) is 0 Å². The number of hydrogen-bond donors (Lipinski definition) is 1. The Morgan fingerprint density at radius 1 is 1.19 bits per heavy atom. The predicted molar refractivity (Wildman–Crippen MR) is 95.1 cm³/mol. The quantitative estimate of drug-likeness (QED) is 0.835. The SMILES string of the molecule is CC(N)Cc1c(Cl)cccc1N(C)Cc1ccccc1Br. The number of rotatable bonds is 5. The average molecular weight is 368 g/mol. The lowest BCUT2D eigenvalue weighted by molar-refractivity contribution is 0.734. The molecule has 2 rings (SSSR count). The average Bonchev–Trinajstić information content (AvgIpc) is 2.43. The summed E-state index contributed by atoms with van der Waals surface area (Å²) >= 11 is 9.96. The van der Waals surface area contributed by atoms with Gasteiger partial charge in [0, 0.05) is 34.8 Å². The van der Waals surface area contributed by atoms with Gasteiger partial charge in [0.15, 0.2) is 0 Å². The van der Waals surface area contributed by atoms with Crippen LogP contribution >= 0.6 is 27.5 Å². The van der Waals surface area contributed by atoms with Crippen LogP contribution in [-0.4, -0.2) is 13.1 Å². The Bertz CT molecular complexity index is 613. The summed E-state index contributed by atoms with van der Waals surface area (Å²) in [5.74, 6) is 0. The van der Waals surface area contributed by atoms with Crippen molar-refractivity contribution in [2.24, 2.45) is 5.73 Å². The Morgan fingerprint density at radius 2 is 1.90 bits per heavy atom. The van der Waals surface area contributed by atoms with E-state index in [-0.39, 0.29) is 6.04 Å². The fraction of sp³-hybridized carbons (Fsp3) is 0.294. The lowest BCUT2D eigenvalue weighted by Crippen LogP contribution is -2.22. The first-order valence-corrected chi connectivity index (χ1v) is 8.13. The zero-order valence-corrected chi connectivity index (χ0v) is 14.7. The minimum Gasteiger partial charge on any atom is -0.370 e. The summed E-state index contributed by atoms with van der Waals surface area (Å²) in [6, 6.07) is 14.3. The third kappa shape index (κ3) is 4.22. The Hall–Kier alpha value is -1.03. The van der Waals surface area contributed by atoms with Crippen LogP contribution in [0.1, 0.15) is 18.1 Å². The summed E-state index contributed by atoms with van der Waals surface area (Å²) in [6.07, 6.45) is 0.773. The van der Waals surface area contributed by atoms with Gasteiger partial charge in [-0.15, -0.1) is 0 Å². The van der Waals surface area contributed by atoms with Gasteiger partial charge in [-0.3, -0.25) is 0 Å². The third-order valence-corrected chi connectivity index (χ3v) is 4.52. The van der Waals surface area contributed by atoms with Crippen molar-refractivity contribution >= 4 is 33.2 Å². The Morgan fingerprint density at radius 3 is 2.57 bits per heavy atom. The van der Waals surface area contributed by atoms with Crippen LogP contribution in [0, 0.1) is 0 Å². The number of hydrogen-bond acceptors (Lipinski definition) is 2. The Kier molecular flexibility index (Phi) is 5.68. The molecule has 1 atom stereocenters. The highest BCUT2D eigenvalue weighted by molar-refractivity contribution is 9.10. The largest absolute Gasteiger partial charge is 0.370 e. The van der Waals surface area contributed by atoms with Crippen LogP contribution in [0.15, 0.2) is 46.9 Å². The number of nitrogens with two attached hydrogens (primary N) is 1. The van der Waals surface area contributed by atoms with Crippen molar-refractivity contribution < 1.29 is 0 Å². The van der Waals surface area contributed by atoms with Crippen LogP contribution in [0.5, 0.6) is 0 Å². The third-order valence-electron chi connectivity index (χ3n) is 3.40. The van der Waals surface area contributed by atoms with Gasteiger partial charge in [-0.1, -0.05) is 51.8 Å². The fourth-order valence-corrected chi connectivity index (χ4v) is 3.05. The smallest absolute Gasteiger partial charge is 0.0459 e. The normalized spacial score (nSPS) is 12.2. The molecule has 21 heavy (non-hydrogen) atoms. The summed E-state index contributed by atoms with van der Waals surface area (Å²) in [4.78, 5) is 2.21. The van der Waals surface area contributed by atoms with Crippen molar-refractivity contribution in [2.75, 3.05) is 11.9 Å². The van der Waals surface area contributed by atoms with E-state index in [2.05, 4.69) is 52.1 Å². The molecule has 0 saturated heterocycles. The highest BCUT2D eigenvalue weighted by Crippen LogP contribution is 2.29. The topological polar surface area (TPSA) is 29.3 Å². The molecule has 2 aromatic carbocycles. The maximum atomic E-state index is 6.36. The van der Waals surface area contributed by atoms with Crippen LogP contribution in [0.3, 0.4) is 0 Å². The number of benzene rings is 2. The molecule has 0 aliphatic carbocycles. The molecule has 2 nitrogen and oxygen atoms in total. The molecule has 4 heteroatoms. The van der Waals surface area contributed by atoms with Crippen molar-refractivity contribution in [3.8, 4) is 0 Å². The molecule has 112 valence electrons. The van der Waals surface area contributed by atoms with Gasteiger partial charge in [0.25, 0.3) is 0 Å². The van der Waals surface area contributed by atoms with E-state index in [1.54, 1.807) is 0 Å². The molecule has 0 radical (unpaired) electrons. The number of anilines is 1. The lowest BCUT2D eigenvalue weighted by atomic mass is 10.0. The second-order valence-electron chi connectivity index (χ2n) is 5.37. The molecule has 0 amide bonds. The lowest BCUT2D eigenvalue weighted by Gasteiger charge is -2.24. The summed E-state index contributed by atoms with van der Waals surface area (Å²) in [7, 11) is 2.08. The van der Waals surface area contributed by atoms with E-state index in [0.717, 1.165) is 33.7 Å². The van der Waals surface area contributed by atoms with Gasteiger partial charge in [0.1, 0.15) is 0 Å². The molecule has 0 saturated carbocycles. The summed E-state index contributed by atoms with van der Waals surface area (Å²) in [5, 5.41) is 0.781. The van der Waals surface area contributed by atoms with Crippen molar-refractivity contribution in [1.82, 2.24) is 0 Å². The highest BCUT2D eigenvalue weighted by atomic mass is 79.9. The molecule has 0 aromatic heterocycles. The van der Waals surface area contributed by atoms with Crippen molar-refractivity contribution in [1.29, 1.82) is 0 Å². The Labute approximate surface area is 140 Å². The monoisotopic (exact) mass is 366 g/mol. The van der Waals surface area contributed by atoms with Crippen molar-refractivity contribution in [2.45, 2.75) is 25.9 Å². The van der Waals surface area contributed by atoms with Crippen LogP contribution < -0.4 is 10.6 Å². The van der Waals surface area contributed by atoms with E-state index in [9.17, 15) is 0 Å². The molecule has 0 spiro atoms. The zero-order chi connectivity index (χ0) is 15.4. The van der Waals surface area contributed by atoms with Crippen LogP contribution in [0.4, 0.5) is 5.69 Å². The number of halogens is 2. The van der Waals surface area contributed by atoms with E-state index >= 15 is 0 Å². The van der Waals surface area contributed by atoms with E-state index in [1.165, 1.54) is 5.56 Å². The molecule has 0 bridgehead atoms. The van der Waals surface area contributed by atoms with Gasteiger partial charge in [-0.25, -0.2) is 0 Å². The molecule has 2 aromatic rings. The van der Waals surface area contributed by atoms with Gasteiger partial charge in [-0.2, -0.15) is 0 Å². The second kappa shape index (κ2) is 7.30. The van der Waals surface area contributed by atoms with Crippen LogP contribution in [0.2, 0.25) is 5.02 Å². The first-order chi connectivity index (χ1) is 9.99. The van der Waals surface area contributed by atoms with Crippen molar-refractivity contribution in [3.63, 3.8) is 0 Å². The molecular formula is C17H20BrClN2. The number of nitrogens with zero attached hydrogens (tertiary/aromatic N) is 1. The first-order valence-electron chi connectivity index (χ1n) is 6.96. The molecule has 0 heterocycles. The van der Waals surface area contributed by atoms with Crippen LogP contribution in [-0.2, 0) is 13.0 Å². The van der Waals surface area contributed by atoms with E-state index < -0.39 is 0 Å². The fourth-order valence-electron chi connectivity index (χ4n) is 2.40. The minimum atomic E-state index is 0.0838. The molecular weight excluding hydrogens is 348 g/mol. The van der Waals surface area contributed by atoms with Gasteiger partial charge >= 0.3 is 0 Å². The van der Waals surface area contributed by atoms with Gasteiger partial charge in [0.05, 0.1) is 0 Å². The summed E-state index contributed by atoms with van der Waals surface area (Å²) in [5.41, 5.74) is 9.45. The maximum absolute atomic E-state index is 6.36. The zero-order valence-electron chi connectivity index (χ0n) is 12.3. The van der Waals surface area contributed by atoms with Crippen LogP contribution in [0.25, 0.3) is 0 Å². The van der Waals surface area contributed by atoms with Gasteiger partial charge in [-0.05, 0) is 42.7 Å². The molecule has 2 N–H and O–H groups in total. The standard InChI is InChI=1S/C17H20BrClN2/c1-12(20)10-14-16(19)8-5-9-17(14)21(2)11-13-6-3-4-7-15(13)18/h3-9,12H,10-11,20H2,1-2H3. The summed E-state index contributed by atoms with van der Waals surface area (Å²) < 4.78 is 1.12. The second-order valence-corrected chi connectivity index (χ2v) is 6.63. The van der Waals surface area contributed by atoms with E-state index in [0.29, 0.717) is 0 Å².